The quantitative estimate of drug-likeness (QED) is 0.836. The SMILES string of the molecule is CN(C)C(=O)c1ccc(-c2ccccc2Br)n1C. The first-order valence-corrected chi connectivity index (χ1v) is 6.44. The van der Waals surface area contributed by atoms with E-state index in [4.69, 9.17) is 0 Å². The predicted molar refractivity (Wildman–Crippen MR) is 76.6 cm³/mol. The van der Waals surface area contributed by atoms with Gasteiger partial charge in [-0.2, -0.15) is 0 Å². The third-order valence-corrected chi connectivity index (χ3v) is 3.59. The van der Waals surface area contributed by atoms with Gasteiger partial charge in [0.05, 0.1) is 0 Å². The molecule has 2 rings (SSSR count). The third-order valence-electron chi connectivity index (χ3n) is 2.90. The third kappa shape index (κ3) is 2.20. The molecule has 0 atom stereocenters. The molecule has 0 fully saturated rings. The Morgan fingerprint density at radius 1 is 1.17 bits per heavy atom. The molecule has 1 heterocycles. The molecule has 0 spiro atoms. The monoisotopic (exact) mass is 306 g/mol. The largest absolute Gasteiger partial charge is 0.343 e. The molecule has 0 aliphatic heterocycles. The number of hydrogen-bond donors (Lipinski definition) is 0. The molecule has 0 saturated heterocycles. The van der Waals surface area contributed by atoms with Gasteiger partial charge in [-0.05, 0) is 18.2 Å². The number of carbonyl (C=O) groups excluding carboxylic acids is 1. The highest BCUT2D eigenvalue weighted by atomic mass is 79.9. The molecular formula is C14H15BrN2O. The molecule has 94 valence electrons. The Hall–Kier alpha value is -1.55. The number of aromatic nitrogens is 1. The van der Waals surface area contributed by atoms with E-state index in [0.717, 1.165) is 15.7 Å². The normalized spacial score (nSPS) is 10.4. The number of carbonyl (C=O) groups is 1. The van der Waals surface area contributed by atoms with E-state index in [9.17, 15) is 4.79 Å². The number of nitrogens with zero attached hydrogens (tertiary/aromatic N) is 2. The van der Waals surface area contributed by atoms with E-state index >= 15 is 0 Å². The van der Waals surface area contributed by atoms with Gasteiger partial charge in [0.2, 0.25) is 0 Å². The number of hydrogen-bond acceptors (Lipinski definition) is 1. The van der Waals surface area contributed by atoms with Crippen molar-refractivity contribution in [3.05, 3.63) is 46.6 Å². The summed E-state index contributed by atoms with van der Waals surface area (Å²) in [6.07, 6.45) is 0. The van der Waals surface area contributed by atoms with Crippen molar-refractivity contribution in [1.29, 1.82) is 0 Å². The van der Waals surface area contributed by atoms with Gasteiger partial charge in [0.15, 0.2) is 0 Å². The minimum atomic E-state index is 0.0100. The topological polar surface area (TPSA) is 25.2 Å². The van der Waals surface area contributed by atoms with Crippen LogP contribution in [-0.2, 0) is 7.05 Å². The molecule has 0 bridgehead atoms. The van der Waals surface area contributed by atoms with Gasteiger partial charge in [0.25, 0.3) is 5.91 Å². The molecule has 18 heavy (non-hydrogen) atoms. The van der Waals surface area contributed by atoms with Crippen molar-refractivity contribution in [3.63, 3.8) is 0 Å². The predicted octanol–water partition coefficient (Wildman–Crippen LogP) is 3.16. The standard InChI is InChI=1S/C14H15BrN2O/c1-16(2)14(18)13-9-8-12(17(13)3)10-6-4-5-7-11(10)15/h4-9H,1-3H3. The van der Waals surface area contributed by atoms with E-state index in [2.05, 4.69) is 15.9 Å². The molecule has 0 aliphatic rings. The zero-order chi connectivity index (χ0) is 13.3. The molecule has 0 radical (unpaired) electrons. The van der Waals surface area contributed by atoms with Crippen LogP contribution >= 0.6 is 15.9 Å². The maximum absolute atomic E-state index is 12.0. The summed E-state index contributed by atoms with van der Waals surface area (Å²) in [4.78, 5) is 13.6. The zero-order valence-electron chi connectivity index (χ0n) is 10.6. The molecule has 2 aromatic rings. The molecule has 0 unspecified atom stereocenters. The van der Waals surface area contributed by atoms with Gasteiger partial charge in [0, 0.05) is 36.9 Å². The van der Waals surface area contributed by atoms with E-state index in [1.807, 2.05) is 48.0 Å². The van der Waals surface area contributed by atoms with Crippen molar-refractivity contribution < 1.29 is 4.79 Å². The molecule has 0 N–H and O–H groups in total. The van der Waals surface area contributed by atoms with Crippen LogP contribution in [0.5, 0.6) is 0 Å². The lowest BCUT2D eigenvalue weighted by Crippen LogP contribution is -2.24. The molecule has 4 heteroatoms. The Morgan fingerprint density at radius 3 is 2.44 bits per heavy atom. The van der Waals surface area contributed by atoms with Gasteiger partial charge in [-0.3, -0.25) is 4.79 Å². The van der Waals surface area contributed by atoms with Crippen LogP contribution in [-0.4, -0.2) is 29.5 Å². The van der Waals surface area contributed by atoms with Crippen molar-refractivity contribution >= 4 is 21.8 Å². The average Bonchev–Trinajstić information content (AvgIpc) is 2.71. The summed E-state index contributed by atoms with van der Waals surface area (Å²) in [5, 5.41) is 0. The van der Waals surface area contributed by atoms with Gasteiger partial charge in [0.1, 0.15) is 5.69 Å². The first kappa shape index (κ1) is 12.9. The second kappa shape index (κ2) is 4.98. The van der Waals surface area contributed by atoms with Gasteiger partial charge in [-0.25, -0.2) is 0 Å². The van der Waals surface area contributed by atoms with E-state index in [1.165, 1.54) is 0 Å². The summed E-state index contributed by atoms with van der Waals surface area (Å²) >= 11 is 3.53. The highest BCUT2D eigenvalue weighted by Gasteiger charge is 2.15. The first-order valence-electron chi connectivity index (χ1n) is 5.64. The lowest BCUT2D eigenvalue weighted by molar-refractivity contribution is 0.0818. The second-order valence-corrected chi connectivity index (χ2v) is 5.20. The van der Waals surface area contributed by atoms with E-state index < -0.39 is 0 Å². The summed E-state index contributed by atoms with van der Waals surface area (Å²) in [5.74, 6) is 0.0100. The highest BCUT2D eigenvalue weighted by Crippen LogP contribution is 2.29. The van der Waals surface area contributed by atoms with Gasteiger partial charge >= 0.3 is 0 Å². The number of amides is 1. The molecule has 1 aromatic carbocycles. The van der Waals surface area contributed by atoms with Crippen LogP contribution in [0.15, 0.2) is 40.9 Å². The Bertz CT molecular complexity index is 587. The zero-order valence-corrected chi connectivity index (χ0v) is 12.2. The summed E-state index contributed by atoms with van der Waals surface area (Å²) in [6, 6.07) is 11.8. The van der Waals surface area contributed by atoms with E-state index in [0.29, 0.717) is 5.69 Å². The molecule has 1 aromatic heterocycles. The van der Waals surface area contributed by atoms with E-state index in [-0.39, 0.29) is 5.91 Å². The van der Waals surface area contributed by atoms with Crippen LogP contribution in [0.3, 0.4) is 0 Å². The van der Waals surface area contributed by atoms with Crippen LogP contribution in [0.1, 0.15) is 10.5 Å². The lowest BCUT2D eigenvalue weighted by atomic mass is 10.1. The van der Waals surface area contributed by atoms with Gasteiger partial charge < -0.3 is 9.47 Å². The van der Waals surface area contributed by atoms with Crippen molar-refractivity contribution in [2.45, 2.75) is 0 Å². The maximum Gasteiger partial charge on any atom is 0.269 e. The van der Waals surface area contributed by atoms with Crippen LogP contribution in [0, 0.1) is 0 Å². The average molecular weight is 307 g/mol. The first-order chi connectivity index (χ1) is 8.52. The van der Waals surface area contributed by atoms with Gasteiger partial charge in [-0.1, -0.05) is 34.1 Å². The van der Waals surface area contributed by atoms with Crippen molar-refractivity contribution in [2.24, 2.45) is 7.05 Å². The maximum atomic E-state index is 12.0. The number of rotatable bonds is 2. The Kier molecular flexibility index (Phi) is 3.57. The van der Waals surface area contributed by atoms with E-state index in [1.54, 1.807) is 19.0 Å². The van der Waals surface area contributed by atoms with Crippen LogP contribution in [0.2, 0.25) is 0 Å². The minimum absolute atomic E-state index is 0.0100. The smallest absolute Gasteiger partial charge is 0.269 e. The molecule has 0 saturated carbocycles. The van der Waals surface area contributed by atoms with Gasteiger partial charge in [-0.15, -0.1) is 0 Å². The molecular weight excluding hydrogens is 292 g/mol. The number of benzene rings is 1. The fourth-order valence-corrected chi connectivity index (χ4v) is 2.38. The van der Waals surface area contributed by atoms with Crippen molar-refractivity contribution in [2.75, 3.05) is 14.1 Å². The lowest BCUT2D eigenvalue weighted by Gasteiger charge is -2.12. The van der Waals surface area contributed by atoms with Crippen LogP contribution in [0.4, 0.5) is 0 Å². The fraction of sp³-hybridized carbons (Fsp3) is 0.214. The van der Waals surface area contributed by atoms with Crippen LogP contribution < -0.4 is 0 Å². The summed E-state index contributed by atoms with van der Waals surface area (Å²) in [6.45, 7) is 0. The molecule has 0 aliphatic carbocycles. The summed E-state index contributed by atoms with van der Waals surface area (Å²) in [5.41, 5.74) is 2.79. The molecule has 3 nitrogen and oxygen atoms in total. The molecule has 1 amide bonds. The number of halogens is 1. The Labute approximate surface area is 115 Å². The summed E-state index contributed by atoms with van der Waals surface area (Å²) < 4.78 is 2.94. The van der Waals surface area contributed by atoms with Crippen LogP contribution in [0.25, 0.3) is 11.3 Å². The fourth-order valence-electron chi connectivity index (χ4n) is 1.89. The minimum Gasteiger partial charge on any atom is -0.343 e. The van der Waals surface area contributed by atoms with Crippen molar-refractivity contribution in [3.8, 4) is 11.3 Å². The second-order valence-electron chi connectivity index (χ2n) is 4.34. The Balaban J connectivity index is 2.50. The highest BCUT2D eigenvalue weighted by molar-refractivity contribution is 9.10. The Morgan fingerprint density at radius 2 is 1.83 bits per heavy atom. The van der Waals surface area contributed by atoms with Crippen molar-refractivity contribution in [1.82, 2.24) is 9.47 Å². The summed E-state index contributed by atoms with van der Waals surface area (Å²) in [7, 11) is 5.42.